The number of carbonyl (C=O) groups is 1. The fourth-order valence-corrected chi connectivity index (χ4v) is 4.81. The second-order valence-corrected chi connectivity index (χ2v) is 9.51. The molecule has 0 aliphatic carbocycles. The van der Waals surface area contributed by atoms with Crippen LogP contribution in [0.5, 0.6) is 28.7 Å². The molecule has 6 rings (SSSR count). The molecule has 3 atom stereocenters. The van der Waals surface area contributed by atoms with Crippen LogP contribution in [0.3, 0.4) is 0 Å². The number of benzene rings is 2. The smallest absolute Gasteiger partial charge is 0.497 e. The molecule has 1 N–H and O–H groups in total. The highest BCUT2D eigenvalue weighted by Gasteiger charge is 2.49. The molecule has 1 aromatic heterocycles. The van der Waals surface area contributed by atoms with Crippen LogP contribution in [0.25, 0.3) is 0 Å². The second kappa shape index (κ2) is 8.34. The summed E-state index contributed by atoms with van der Waals surface area (Å²) in [6.45, 7) is 1.70. The lowest BCUT2D eigenvalue weighted by Crippen LogP contribution is -2.46. The molecule has 9 nitrogen and oxygen atoms in total. The number of nitrogens with zero attached hydrogens (tertiary/aromatic N) is 2. The van der Waals surface area contributed by atoms with Crippen molar-refractivity contribution in [2.75, 3.05) is 13.7 Å². The van der Waals surface area contributed by atoms with Crippen LogP contribution in [0, 0.1) is 0 Å². The number of hydrogen-bond donors (Lipinski definition) is 1. The number of halogens is 3. The predicted molar refractivity (Wildman–Crippen MR) is 124 cm³/mol. The van der Waals surface area contributed by atoms with E-state index in [9.17, 15) is 13.6 Å². The zero-order chi connectivity index (χ0) is 25.9. The van der Waals surface area contributed by atoms with Crippen LogP contribution >= 0.6 is 11.6 Å². The Kier molecular flexibility index (Phi) is 5.30. The van der Waals surface area contributed by atoms with Gasteiger partial charge in [-0.05, 0) is 25.1 Å². The molecular weight excluding hydrogens is 512 g/mol. The van der Waals surface area contributed by atoms with E-state index in [2.05, 4.69) is 24.8 Å². The second-order valence-electron chi connectivity index (χ2n) is 9.12. The van der Waals surface area contributed by atoms with Crippen molar-refractivity contribution in [1.82, 2.24) is 15.3 Å². The first-order valence-electron chi connectivity index (χ1n) is 11.4. The van der Waals surface area contributed by atoms with Gasteiger partial charge in [-0.1, -0.05) is 11.6 Å². The molecule has 0 unspecified atom stereocenters. The fraction of sp³-hybridized carbons (Fsp3) is 0.320. The van der Waals surface area contributed by atoms with Crippen molar-refractivity contribution in [2.45, 2.75) is 37.2 Å². The highest BCUT2D eigenvalue weighted by Crippen LogP contribution is 2.50. The van der Waals surface area contributed by atoms with Gasteiger partial charge in [0.2, 0.25) is 5.91 Å². The fourth-order valence-electron chi connectivity index (χ4n) is 4.71. The van der Waals surface area contributed by atoms with E-state index < -0.39 is 23.9 Å². The van der Waals surface area contributed by atoms with Gasteiger partial charge >= 0.3 is 6.29 Å². The van der Waals surface area contributed by atoms with Gasteiger partial charge in [0.15, 0.2) is 11.5 Å². The van der Waals surface area contributed by atoms with Crippen LogP contribution in [-0.4, -0.2) is 35.9 Å². The molecule has 12 heteroatoms. The summed E-state index contributed by atoms with van der Waals surface area (Å²) >= 11 is 5.89. The molecule has 0 bridgehead atoms. The quantitative estimate of drug-likeness (QED) is 0.525. The van der Waals surface area contributed by atoms with Crippen molar-refractivity contribution in [3.05, 3.63) is 64.7 Å². The van der Waals surface area contributed by atoms with Crippen LogP contribution in [0.2, 0.25) is 5.15 Å². The van der Waals surface area contributed by atoms with Gasteiger partial charge in [-0.2, -0.15) is 0 Å². The minimum Gasteiger partial charge on any atom is -0.497 e. The molecule has 192 valence electrons. The molecule has 1 amide bonds. The average molecular weight is 532 g/mol. The van der Waals surface area contributed by atoms with Crippen molar-refractivity contribution < 1.29 is 37.3 Å². The third-order valence-electron chi connectivity index (χ3n) is 6.71. The number of carbonyl (C=O) groups excluding carboxylic acids is 1. The van der Waals surface area contributed by atoms with Gasteiger partial charge < -0.3 is 29.0 Å². The highest BCUT2D eigenvalue weighted by atomic mass is 35.5. The Labute approximate surface area is 214 Å². The van der Waals surface area contributed by atoms with Crippen molar-refractivity contribution in [1.29, 1.82) is 0 Å². The third-order valence-corrected chi connectivity index (χ3v) is 6.90. The molecule has 0 saturated carbocycles. The van der Waals surface area contributed by atoms with Crippen LogP contribution in [-0.2, 0) is 10.2 Å². The first kappa shape index (κ1) is 23.5. The van der Waals surface area contributed by atoms with Gasteiger partial charge in [0.25, 0.3) is 0 Å². The van der Waals surface area contributed by atoms with Gasteiger partial charge in [-0.25, -0.2) is 4.98 Å². The summed E-state index contributed by atoms with van der Waals surface area (Å²) in [5.74, 6) is 0.738. The zero-order valence-electron chi connectivity index (χ0n) is 19.6. The van der Waals surface area contributed by atoms with E-state index in [1.807, 2.05) is 6.07 Å². The topological polar surface area (TPSA) is 101 Å². The number of methoxy groups -OCH3 is 1. The number of aromatic nitrogens is 2. The van der Waals surface area contributed by atoms with Crippen molar-refractivity contribution in [2.24, 2.45) is 0 Å². The van der Waals surface area contributed by atoms with Crippen molar-refractivity contribution in [3.63, 3.8) is 0 Å². The van der Waals surface area contributed by atoms with Gasteiger partial charge in [-0.15, -0.1) is 8.78 Å². The van der Waals surface area contributed by atoms with E-state index in [4.69, 9.17) is 25.8 Å². The summed E-state index contributed by atoms with van der Waals surface area (Å²) in [5, 5.41) is 3.34. The summed E-state index contributed by atoms with van der Waals surface area (Å²) in [6, 6.07) is 7.55. The minimum atomic E-state index is -3.78. The Hall–Kier alpha value is -3.86. The number of alkyl halides is 2. The standard InChI is InChI=1S/C25H20ClF2N3O6/c1-24(11-34-18-8-21-20(6-14(18)24)36-25(27,28)37-21)23(32)31-15-7-19(16-9-30-22(26)10-29-16)35-17-5-12(33-2)3-4-13(15)17/h3-6,8-10,15,19H,7,11H2,1-2H3,(H,31,32)/t15-,19-,24+/m1/s1. The monoisotopic (exact) mass is 531 g/mol. The summed E-state index contributed by atoms with van der Waals surface area (Å²) in [7, 11) is 1.55. The number of fused-ring (bicyclic) bond motifs is 3. The number of hydrogen-bond acceptors (Lipinski definition) is 8. The van der Waals surface area contributed by atoms with Gasteiger partial charge in [0.05, 0.1) is 31.2 Å². The maximum absolute atomic E-state index is 13.7. The zero-order valence-corrected chi connectivity index (χ0v) is 20.3. The molecular formula is C25H20ClF2N3O6. The van der Waals surface area contributed by atoms with Gasteiger partial charge in [0.1, 0.15) is 40.5 Å². The van der Waals surface area contributed by atoms with E-state index in [1.54, 1.807) is 26.2 Å². The molecule has 0 radical (unpaired) electrons. The molecule has 3 aliphatic rings. The summed E-state index contributed by atoms with van der Waals surface area (Å²) in [6.07, 6.45) is -0.985. The Morgan fingerprint density at radius 3 is 2.62 bits per heavy atom. The molecule has 2 aromatic carbocycles. The Balaban J connectivity index is 1.31. The van der Waals surface area contributed by atoms with Crippen LogP contribution in [0.1, 0.15) is 42.3 Å². The minimum absolute atomic E-state index is 0.0121. The number of amides is 1. The lowest BCUT2D eigenvalue weighted by Gasteiger charge is -2.34. The highest BCUT2D eigenvalue weighted by molar-refractivity contribution is 6.29. The van der Waals surface area contributed by atoms with E-state index in [0.29, 0.717) is 29.2 Å². The first-order valence-corrected chi connectivity index (χ1v) is 11.7. The molecule has 37 heavy (non-hydrogen) atoms. The average Bonchev–Trinajstić information content (AvgIpc) is 3.37. The van der Waals surface area contributed by atoms with Crippen LogP contribution in [0.4, 0.5) is 8.78 Å². The normalized spacial score (nSPS) is 24.4. The van der Waals surface area contributed by atoms with Crippen molar-refractivity contribution in [3.8, 4) is 28.7 Å². The van der Waals surface area contributed by atoms with Crippen LogP contribution < -0.4 is 29.0 Å². The van der Waals surface area contributed by atoms with E-state index in [-0.39, 0.29) is 34.9 Å². The molecule has 3 aromatic rings. The summed E-state index contributed by atoms with van der Waals surface area (Å²) < 4.78 is 53.5. The van der Waals surface area contributed by atoms with Gasteiger partial charge in [0, 0.05) is 29.7 Å². The lowest BCUT2D eigenvalue weighted by molar-refractivity contribution is -0.286. The largest absolute Gasteiger partial charge is 0.586 e. The Morgan fingerprint density at radius 2 is 1.89 bits per heavy atom. The molecule has 0 saturated heterocycles. The molecule has 0 fully saturated rings. The summed E-state index contributed by atoms with van der Waals surface area (Å²) in [5.41, 5.74) is 0.547. The van der Waals surface area contributed by atoms with E-state index >= 15 is 0 Å². The molecule has 0 spiro atoms. The van der Waals surface area contributed by atoms with Gasteiger partial charge in [-0.3, -0.25) is 9.78 Å². The first-order chi connectivity index (χ1) is 17.6. The number of nitrogens with one attached hydrogen (secondary N) is 1. The molecule has 4 heterocycles. The Bertz CT molecular complexity index is 1410. The predicted octanol–water partition coefficient (Wildman–Crippen LogP) is 4.49. The maximum atomic E-state index is 13.7. The maximum Gasteiger partial charge on any atom is 0.586 e. The molecule has 3 aliphatic heterocycles. The SMILES string of the molecule is COc1ccc2c(c1)O[C@@H](c1cnc(Cl)cn1)C[C@H]2NC(=O)[C@@]1(C)COc2cc3c(cc21)OC(F)(F)O3. The number of rotatable bonds is 4. The van der Waals surface area contributed by atoms with Crippen LogP contribution in [0.15, 0.2) is 42.7 Å². The summed E-state index contributed by atoms with van der Waals surface area (Å²) in [4.78, 5) is 22.1. The lowest BCUT2D eigenvalue weighted by atomic mass is 9.82. The van der Waals surface area contributed by atoms with E-state index in [1.165, 1.54) is 24.5 Å². The van der Waals surface area contributed by atoms with E-state index in [0.717, 1.165) is 5.56 Å². The third kappa shape index (κ3) is 4.03. The van der Waals surface area contributed by atoms with Crippen molar-refractivity contribution >= 4 is 17.5 Å². The number of ether oxygens (including phenoxy) is 5. The Morgan fingerprint density at radius 1 is 1.11 bits per heavy atom.